The molecule has 0 saturated heterocycles. The number of thiazole rings is 1. The second-order valence-corrected chi connectivity index (χ2v) is 6.17. The van der Waals surface area contributed by atoms with Crippen LogP contribution in [0.5, 0.6) is 0 Å². The number of carbonyl (C=O) groups is 1. The van der Waals surface area contributed by atoms with E-state index in [4.69, 9.17) is 0 Å². The van der Waals surface area contributed by atoms with E-state index in [9.17, 15) is 9.90 Å². The molecule has 0 aliphatic heterocycles. The maximum Gasteiger partial charge on any atom is 0.339 e. The van der Waals surface area contributed by atoms with Crippen molar-refractivity contribution in [3.05, 3.63) is 57.6 Å². The van der Waals surface area contributed by atoms with Gasteiger partial charge in [-0.1, -0.05) is 28.1 Å². The van der Waals surface area contributed by atoms with Gasteiger partial charge in [-0.3, -0.25) is 4.68 Å². The smallest absolute Gasteiger partial charge is 0.339 e. The van der Waals surface area contributed by atoms with E-state index < -0.39 is 5.97 Å². The minimum atomic E-state index is -0.998. The third-order valence-corrected chi connectivity index (χ3v) is 4.19. The number of aromatic carboxylic acids is 1. The highest BCUT2D eigenvalue weighted by atomic mass is 79.9. The van der Waals surface area contributed by atoms with Crippen LogP contribution in [0.2, 0.25) is 0 Å². The monoisotopic (exact) mass is 363 g/mol. The quantitative estimate of drug-likeness (QED) is 0.769. The van der Waals surface area contributed by atoms with E-state index in [1.807, 2.05) is 24.3 Å². The Morgan fingerprint density at radius 2 is 2.10 bits per heavy atom. The van der Waals surface area contributed by atoms with Crippen LogP contribution in [-0.2, 0) is 6.54 Å². The van der Waals surface area contributed by atoms with Gasteiger partial charge < -0.3 is 5.11 Å². The lowest BCUT2D eigenvalue weighted by Crippen LogP contribution is -2.00. The summed E-state index contributed by atoms with van der Waals surface area (Å²) in [6.45, 7) is 0.513. The lowest BCUT2D eigenvalue weighted by atomic mass is 10.2. The predicted molar refractivity (Wildman–Crippen MR) is 83.5 cm³/mol. The van der Waals surface area contributed by atoms with Crippen LogP contribution >= 0.6 is 27.3 Å². The number of carboxylic acids is 1. The van der Waals surface area contributed by atoms with Crippen molar-refractivity contribution in [3.8, 4) is 10.7 Å². The Balaban J connectivity index is 1.95. The molecule has 7 heteroatoms. The molecule has 3 aromatic rings. The molecule has 0 atom stereocenters. The van der Waals surface area contributed by atoms with Gasteiger partial charge >= 0.3 is 5.97 Å². The summed E-state index contributed by atoms with van der Waals surface area (Å²) in [6, 6.07) is 7.82. The highest BCUT2D eigenvalue weighted by Crippen LogP contribution is 2.24. The minimum Gasteiger partial charge on any atom is -0.478 e. The van der Waals surface area contributed by atoms with Gasteiger partial charge in [-0.25, -0.2) is 9.78 Å². The van der Waals surface area contributed by atoms with Crippen LogP contribution in [0.3, 0.4) is 0 Å². The molecule has 106 valence electrons. The maximum atomic E-state index is 11.3. The first-order valence-corrected chi connectivity index (χ1v) is 7.76. The van der Waals surface area contributed by atoms with Crippen molar-refractivity contribution < 1.29 is 9.90 Å². The summed E-state index contributed by atoms with van der Waals surface area (Å²) in [7, 11) is 0. The fourth-order valence-corrected chi connectivity index (χ4v) is 2.83. The molecular formula is C14H10BrN3O2S. The molecule has 0 aliphatic carbocycles. The fraction of sp³-hybridized carbons (Fsp3) is 0.0714. The molecule has 1 N–H and O–H groups in total. The molecule has 0 aliphatic rings. The summed E-state index contributed by atoms with van der Waals surface area (Å²) < 4.78 is 2.63. The van der Waals surface area contributed by atoms with Gasteiger partial charge in [0, 0.05) is 22.2 Å². The summed E-state index contributed by atoms with van der Waals surface area (Å²) in [4.78, 5) is 15.5. The Morgan fingerprint density at radius 3 is 2.71 bits per heavy atom. The largest absolute Gasteiger partial charge is 0.478 e. The molecule has 0 spiro atoms. The highest BCUT2D eigenvalue weighted by molar-refractivity contribution is 9.10. The van der Waals surface area contributed by atoms with Crippen molar-refractivity contribution in [2.45, 2.75) is 6.54 Å². The number of halogens is 1. The van der Waals surface area contributed by atoms with Crippen molar-refractivity contribution in [2.75, 3.05) is 0 Å². The second-order valence-electron chi connectivity index (χ2n) is 4.36. The summed E-state index contributed by atoms with van der Waals surface area (Å²) >= 11 is 4.76. The summed E-state index contributed by atoms with van der Waals surface area (Å²) in [6.07, 6.45) is 3.18. The van der Waals surface area contributed by atoms with Gasteiger partial charge in [-0.2, -0.15) is 5.10 Å². The van der Waals surface area contributed by atoms with Crippen molar-refractivity contribution >= 4 is 33.2 Å². The van der Waals surface area contributed by atoms with Crippen molar-refractivity contribution in [1.82, 2.24) is 14.8 Å². The zero-order valence-corrected chi connectivity index (χ0v) is 13.1. The Labute approximate surface area is 133 Å². The van der Waals surface area contributed by atoms with Gasteiger partial charge in [0.1, 0.15) is 16.3 Å². The van der Waals surface area contributed by atoms with Crippen LogP contribution in [0.1, 0.15) is 15.9 Å². The van der Waals surface area contributed by atoms with E-state index in [1.165, 1.54) is 11.3 Å². The highest BCUT2D eigenvalue weighted by Gasteiger charge is 2.18. The Morgan fingerprint density at radius 1 is 1.33 bits per heavy atom. The third kappa shape index (κ3) is 3.03. The minimum absolute atomic E-state index is 0.169. The van der Waals surface area contributed by atoms with Crippen molar-refractivity contribution in [1.29, 1.82) is 0 Å². The number of nitrogens with zero attached hydrogens (tertiary/aromatic N) is 3. The maximum absolute atomic E-state index is 11.3. The lowest BCUT2D eigenvalue weighted by Gasteiger charge is -2.01. The van der Waals surface area contributed by atoms with E-state index >= 15 is 0 Å². The summed E-state index contributed by atoms with van der Waals surface area (Å²) in [5.74, 6) is -0.998. The molecule has 5 nitrogen and oxygen atoms in total. The number of rotatable bonds is 4. The zero-order valence-electron chi connectivity index (χ0n) is 10.7. The van der Waals surface area contributed by atoms with E-state index in [0.29, 0.717) is 17.2 Å². The topological polar surface area (TPSA) is 68.0 Å². The van der Waals surface area contributed by atoms with Gasteiger partial charge in [-0.15, -0.1) is 11.3 Å². The predicted octanol–water partition coefficient (Wildman–Crippen LogP) is 3.52. The molecule has 0 bridgehead atoms. The SMILES string of the molecule is O=C(O)c1cn(Cc2ccc(Br)cc2)nc1-c1nccs1. The van der Waals surface area contributed by atoms with E-state index in [0.717, 1.165) is 10.0 Å². The molecule has 0 radical (unpaired) electrons. The average molecular weight is 364 g/mol. The normalized spacial score (nSPS) is 10.7. The lowest BCUT2D eigenvalue weighted by molar-refractivity contribution is 0.0697. The van der Waals surface area contributed by atoms with Crippen LogP contribution in [0, 0.1) is 0 Å². The fourth-order valence-electron chi connectivity index (χ4n) is 1.93. The number of hydrogen-bond donors (Lipinski definition) is 1. The first-order valence-electron chi connectivity index (χ1n) is 6.08. The van der Waals surface area contributed by atoms with Gasteiger partial charge in [0.05, 0.1) is 6.54 Å². The first-order chi connectivity index (χ1) is 10.1. The molecule has 0 unspecified atom stereocenters. The molecule has 1 aromatic carbocycles. The van der Waals surface area contributed by atoms with Gasteiger partial charge in [-0.05, 0) is 17.7 Å². The molecular weight excluding hydrogens is 354 g/mol. The molecule has 0 amide bonds. The number of benzene rings is 1. The first kappa shape index (κ1) is 14.0. The summed E-state index contributed by atoms with van der Waals surface area (Å²) in [5, 5.41) is 16.1. The molecule has 2 heterocycles. The van der Waals surface area contributed by atoms with E-state index in [1.54, 1.807) is 22.5 Å². The average Bonchev–Trinajstić information content (AvgIpc) is 3.10. The van der Waals surface area contributed by atoms with E-state index in [2.05, 4.69) is 26.0 Å². The molecule has 2 aromatic heterocycles. The molecule has 3 rings (SSSR count). The van der Waals surface area contributed by atoms with Crippen LogP contribution in [0.25, 0.3) is 10.7 Å². The van der Waals surface area contributed by atoms with Crippen LogP contribution in [-0.4, -0.2) is 25.8 Å². The second kappa shape index (κ2) is 5.79. The van der Waals surface area contributed by atoms with Gasteiger partial charge in [0.25, 0.3) is 0 Å². The van der Waals surface area contributed by atoms with Crippen LogP contribution in [0.15, 0.2) is 46.5 Å². The zero-order chi connectivity index (χ0) is 14.8. The van der Waals surface area contributed by atoms with Gasteiger partial charge in [0.2, 0.25) is 0 Å². The van der Waals surface area contributed by atoms with E-state index in [-0.39, 0.29) is 5.56 Å². The molecule has 0 fully saturated rings. The Bertz CT molecular complexity index is 766. The molecule has 21 heavy (non-hydrogen) atoms. The third-order valence-electron chi connectivity index (χ3n) is 2.88. The van der Waals surface area contributed by atoms with Crippen molar-refractivity contribution in [2.24, 2.45) is 0 Å². The molecule has 0 saturated carbocycles. The number of hydrogen-bond acceptors (Lipinski definition) is 4. The number of carboxylic acid groups (broad SMARTS) is 1. The van der Waals surface area contributed by atoms with Gasteiger partial charge in [0.15, 0.2) is 0 Å². The van der Waals surface area contributed by atoms with Crippen LogP contribution in [0.4, 0.5) is 0 Å². The Kier molecular flexibility index (Phi) is 3.85. The van der Waals surface area contributed by atoms with Crippen molar-refractivity contribution in [3.63, 3.8) is 0 Å². The Hall–Kier alpha value is -1.99. The van der Waals surface area contributed by atoms with Crippen LogP contribution < -0.4 is 0 Å². The standard InChI is InChI=1S/C14H10BrN3O2S/c15-10-3-1-9(2-4-10)7-18-8-11(14(19)20)12(17-18)13-16-5-6-21-13/h1-6,8H,7H2,(H,19,20). The number of aromatic nitrogens is 3. The summed E-state index contributed by atoms with van der Waals surface area (Å²) in [5.41, 5.74) is 1.63.